The first kappa shape index (κ1) is 12.7. The van der Waals surface area contributed by atoms with Gasteiger partial charge in [0.15, 0.2) is 5.82 Å². The summed E-state index contributed by atoms with van der Waals surface area (Å²) in [6.45, 7) is 3.92. The molecule has 0 fully saturated rings. The largest absolute Gasteiger partial charge is 0.334 e. The number of carbonyl (C=O) groups excluding carboxylic acids is 1. The topological polar surface area (TPSA) is 79.8 Å². The van der Waals surface area contributed by atoms with Crippen molar-refractivity contribution in [1.29, 1.82) is 0 Å². The van der Waals surface area contributed by atoms with Crippen molar-refractivity contribution in [3.8, 4) is 11.4 Å². The summed E-state index contributed by atoms with van der Waals surface area (Å²) < 4.78 is 0. The molecule has 2 aromatic heterocycles. The highest BCUT2D eigenvalue weighted by atomic mass is 16.2. The van der Waals surface area contributed by atoms with E-state index in [0.717, 1.165) is 5.56 Å². The van der Waals surface area contributed by atoms with E-state index < -0.39 is 0 Å². The number of hydrogen-bond donors (Lipinski definition) is 2. The Labute approximate surface area is 110 Å². The lowest BCUT2D eigenvalue weighted by Gasteiger charge is -2.06. The molecule has 0 atom stereocenters. The van der Waals surface area contributed by atoms with Crippen molar-refractivity contribution in [3.63, 3.8) is 0 Å². The SMILES string of the molecule is C=CCNC(=O)Nc1ccnc(-c2ccncc2)n1. The number of urea groups is 1. The van der Waals surface area contributed by atoms with Gasteiger partial charge >= 0.3 is 6.03 Å². The lowest BCUT2D eigenvalue weighted by Crippen LogP contribution is -2.29. The van der Waals surface area contributed by atoms with Crippen LogP contribution in [0, 0.1) is 0 Å². The lowest BCUT2D eigenvalue weighted by molar-refractivity contribution is 0.253. The van der Waals surface area contributed by atoms with Gasteiger partial charge in [-0.3, -0.25) is 10.3 Å². The molecule has 0 aliphatic heterocycles. The summed E-state index contributed by atoms with van der Waals surface area (Å²) >= 11 is 0. The molecule has 2 amide bonds. The zero-order valence-corrected chi connectivity index (χ0v) is 10.2. The van der Waals surface area contributed by atoms with E-state index in [2.05, 4.69) is 32.2 Å². The predicted molar refractivity (Wildman–Crippen MR) is 72.5 cm³/mol. The van der Waals surface area contributed by atoms with Gasteiger partial charge in [0.1, 0.15) is 5.82 Å². The van der Waals surface area contributed by atoms with Gasteiger partial charge in [-0.15, -0.1) is 6.58 Å². The molecule has 2 aromatic rings. The van der Waals surface area contributed by atoms with Crippen molar-refractivity contribution in [2.45, 2.75) is 0 Å². The summed E-state index contributed by atoms with van der Waals surface area (Å²) in [6.07, 6.45) is 6.51. The average molecular weight is 255 g/mol. The molecule has 0 saturated heterocycles. The minimum Gasteiger partial charge on any atom is -0.334 e. The second-order valence-electron chi connectivity index (χ2n) is 3.63. The van der Waals surface area contributed by atoms with Gasteiger partial charge in [0, 0.05) is 30.7 Å². The van der Waals surface area contributed by atoms with Crippen LogP contribution in [-0.4, -0.2) is 27.5 Å². The van der Waals surface area contributed by atoms with Crippen molar-refractivity contribution < 1.29 is 4.79 Å². The van der Waals surface area contributed by atoms with Crippen LogP contribution in [0.1, 0.15) is 0 Å². The molecule has 0 aliphatic carbocycles. The fraction of sp³-hybridized carbons (Fsp3) is 0.0769. The molecule has 6 heteroatoms. The Morgan fingerprint density at radius 3 is 2.79 bits per heavy atom. The van der Waals surface area contributed by atoms with E-state index in [1.807, 2.05) is 0 Å². The van der Waals surface area contributed by atoms with E-state index in [4.69, 9.17) is 0 Å². The van der Waals surface area contributed by atoms with E-state index in [1.54, 1.807) is 42.9 Å². The van der Waals surface area contributed by atoms with Crippen LogP contribution in [0.4, 0.5) is 10.6 Å². The molecule has 0 unspecified atom stereocenters. The summed E-state index contributed by atoms with van der Waals surface area (Å²) in [7, 11) is 0. The molecule has 96 valence electrons. The fourth-order valence-corrected chi connectivity index (χ4v) is 1.39. The molecular weight excluding hydrogens is 242 g/mol. The van der Waals surface area contributed by atoms with Gasteiger partial charge in [-0.1, -0.05) is 6.08 Å². The van der Waals surface area contributed by atoms with Crippen LogP contribution >= 0.6 is 0 Å². The monoisotopic (exact) mass is 255 g/mol. The molecule has 2 heterocycles. The van der Waals surface area contributed by atoms with Crippen molar-refractivity contribution in [3.05, 3.63) is 49.4 Å². The molecule has 0 aliphatic rings. The highest BCUT2D eigenvalue weighted by Gasteiger charge is 2.04. The van der Waals surface area contributed by atoms with E-state index >= 15 is 0 Å². The number of nitrogens with one attached hydrogen (secondary N) is 2. The maximum atomic E-state index is 11.5. The maximum absolute atomic E-state index is 11.5. The highest BCUT2D eigenvalue weighted by molar-refractivity contribution is 5.88. The maximum Gasteiger partial charge on any atom is 0.320 e. The van der Waals surface area contributed by atoms with Gasteiger partial charge in [-0.05, 0) is 18.2 Å². The third-order valence-electron chi connectivity index (χ3n) is 2.24. The van der Waals surface area contributed by atoms with Crippen LogP contribution in [0.2, 0.25) is 0 Å². The first-order valence-corrected chi connectivity index (χ1v) is 5.69. The minimum atomic E-state index is -0.334. The number of anilines is 1. The molecule has 0 radical (unpaired) electrons. The molecule has 0 spiro atoms. The Balaban J connectivity index is 2.11. The Bertz CT molecular complexity index is 570. The number of nitrogens with zero attached hydrogens (tertiary/aromatic N) is 3. The van der Waals surface area contributed by atoms with Crippen LogP contribution in [0.5, 0.6) is 0 Å². The molecular formula is C13H13N5O. The summed E-state index contributed by atoms with van der Waals surface area (Å²) in [5.74, 6) is 0.965. The number of rotatable bonds is 4. The number of aromatic nitrogens is 3. The van der Waals surface area contributed by atoms with Gasteiger partial charge in [0.05, 0.1) is 0 Å². The molecule has 2 rings (SSSR count). The number of amides is 2. The van der Waals surface area contributed by atoms with Crippen LogP contribution in [-0.2, 0) is 0 Å². The standard InChI is InChI=1S/C13H13N5O/c1-2-6-16-13(19)18-11-5-9-15-12(17-11)10-3-7-14-8-4-10/h2-5,7-9H,1,6H2,(H2,15,16,17,18,19). The van der Waals surface area contributed by atoms with Crippen molar-refractivity contribution >= 4 is 11.8 Å². The van der Waals surface area contributed by atoms with Crippen molar-refractivity contribution in [2.24, 2.45) is 0 Å². The molecule has 19 heavy (non-hydrogen) atoms. The second kappa shape index (κ2) is 6.25. The fourth-order valence-electron chi connectivity index (χ4n) is 1.39. The quantitative estimate of drug-likeness (QED) is 0.817. The summed E-state index contributed by atoms with van der Waals surface area (Å²) in [4.78, 5) is 23.8. The van der Waals surface area contributed by atoms with Gasteiger partial charge in [0.2, 0.25) is 0 Å². The number of carbonyl (C=O) groups is 1. The molecule has 0 bridgehead atoms. The van der Waals surface area contributed by atoms with Crippen LogP contribution in [0.3, 0.4) is 0 Å². The first-order chi connectivity index (χ1) is 9.29. The van der Waals surface area contributed by atoms with Gasteiger partial charge in [0.25, 0.3) is 0 Å². The summed E-state index contributed by atoms with van der Waals surface area (Å²) in [5.41, 5.74) is 0.838. The second-order valence-corrected chi connectivity index (χ2v) is 3.63. The van der Waals surface area contributed by atoms with Crippen molar-refractivity contribution in [2.75, 3.05) is 11.9 Å². The van der Waals surface area contributed by atoms with E-state index in [1.165, 1.54) is 0 Å². The number of hydrogen-bond acceptors (Lipinski definition) is 4. The molecule has 0 saturated carbocycles. The molecule has 6 nitrogen and oxygen atoms in total. The first-order valence-electron chi connectivity index (χ1n) is 5.69. The van der Waals surface area contributed by atoms with Crippen molar-refractivity contribution in [1.82, 2.24) is 20.3 Å². The zero-order chi connectivity index (χ0) is 13.5. The third kappa shape index (κ3) is 3.60. The summed E-state index contributed by atoms with van der Waals surface area (Å²) in [5, 5.41) is 5.22. The highest BCUT2D eigenvalue weighted by Crippen LogP contribution is 2.14. The van der Waals surface area contributed by atoms with Crippen LogP contribution in [0.25, 0.3) is 11.4 Å². The van der Waals surface area contributed by atoms with E-state index in [-0.39, 0.29) is 6.03 Å². The van der Waals surface area contributed by atoms with E-state index in [0.29, 0.717) is 18.2 Å². The van der Waals surface area contributed by atoms with Gasteiger partial charge < -0.3 is 5.32 Å². The Morgan fingerprint density at radius 2 is 2.05 bits per heavy atom. The predicted octanol–water partition coefficient (Wildman–Crippen LogP) is 1.85. The zero-order valence-electron chi connectivity index (χ0n) is 10.2. The van der Waals surface area contributed by atoms with Gasteiger partial charge in [-0.25, -0.2) is 14.8 Å². The Kier molecular flexibility index (Phi) is 4.17. The van der Waals surface area contributed by atoms with Crippen LogP contribution in [0.15, 0.2) is 49.4 Å². The molecule has 0 aromatic carbocycles. The Morgan fingerprint density at radius 1 is 1.26 bits per heavy atom. The summed E-state index contributed by atoms with van der Waals surface area (Å²) in [6, 6.07) is 4.89. The smallest absolute Gasteiger partial charge is 0.320 e. The third-order valence-corrected chi connectivity index (χ3v) is 2.24. The lowest BCUT2D eigenvalue weighted by atomic mass is 10.2. The Hall–Kier alpha value is -2.76. The molecule has 2 N–H and O–H groups in total. The minimum absolute atomic E-state index is 0.334. The van der Waals surface area contributed by atoms with Crippen LogP contribution < -0.4 is 10.6 Å². The average Bonchev–Trinajstić information content (AvgIpc) is 2.46. The van der Waals surface area contributed by atoms with E-state index in [9.17, 15) is 4.79 Å². The normalized spacial score (nSPS) is 9.68. The number of pyridine rings is 1. The van der Waals surface area contributed by atoms with Gasteiger partial charge in [-0.2, -0.15) is 0 Å².